The van der Waals surface area contributed by atoms with Gasteiger partial charge in [0.1, 0.15) is 0 Å². The van der Waals surface area contributed by atoms with Crippen molar-refractivity contribution in [2.24, 2.45) is 0 Å². The third-order valence-electron chi connectivity index (χ3n) is 3.05. The molecule has 16 heavy (non-hydrogen) atoms. The summed E-state index contributed by atoms with van der Waals surface area (Å²) >= 11 is 0. The van der Waals surface area contributed by atoms with Gasteiger partial charge in [-0.05, 0) is 38.8 Å². The monoisotopic (exact) mass is 215 g/mol. The third-order valence-corrected chi connectivity index (χ3v) is 3.05. The van der Waals surface area contributed by atoms with E-state index < -0.39 is 0 Å². The number of ketones is 1. The molecule has 0 radical (unpaired) electrons. The van der Waals surface area contributed by atoms with Crippen LogP contribution in [0.3, 0.4) is 0 Å². The van der Waals surface area contributed by atoms with E-state index in [0.29, 0.717) is 6.42 Å². The van der Waals surface area contributed by atoms with Crippen LogP contribution in [0.2, 0.25) is 0 Å². The van der Waals surface area contributed by atoms with Gasteiger partial charge in [0, 0.05) is 23.4 Å². The maximum Gasteiger partial charge on any atom is 0.160 e. The average Bonchev–Trinajstić information content (AvgIpc) is 2.28. The SMILES string of the molecule is CC1=C(Nc2ccc(C)cc2)CCCC1=O. The predicted octanol–water partition coefficient (Wildman–Crippen LogP) is 3.43. The number of allylic oxidation sites excluding steroid dienone is 2. The van der Waals surface area contributed by atoms with Crippen LogP contribution in [0.25, 0.3) is 0 Å². The lowest BCUT2D eigenvalue weighted by atomic mass is 9.96. The molecule has 0 bridgehead atoms. The fraction of sp³-hybridized carbons (Fsp3) is 0.357. The van der Waals surface area contributed by atoms with Gasteiger partial charge >= 0.3 is 0 Å². The molecule has 0 amide bonds. The lowest BCUT2D eigenvalue weighted by Gasteiger charge is -2.18. The van der Waals surface area contributed by atoms with Crippen LogP contribution in [0.4, 0.5) is 5.69 Å². The highest BCUT2D eigenvalue weighted by atomic mass is 16.1. The van der Waals surface area contributed by atoms with Crippen LogP contribution in [0.15, 0.2) is 35.5 Å². The van der Waals surface area contributed by atoms with Crippen molar-refractivity contribution in [1.29, 1.82) is 0 Å². The molecule has 1 N–H and O–H groups in total. The number of hydrogen-bond donors (Lipinski definition) is 1. The number of benzene rings is 1. The first-order chi connectivity index (χ1) is 7.66. The number of nitrogens with one attached hydrogen (secondary N) is 1. The van der Waals surface area contributed by atoms with E-state index in [1.807, 2.05) is 6.92 Å². The Morgan fingerprint density at radius 2 is 1.75 bits per heavy atom. The van der Waals surface area contributed by atoms with E-state index in [-0.39, 0.29) is 5.78 Å². The van der Waals surface area contributed by atoms with Crippen molar-refractivity contribution in [2.75, 3.05) is 5.32 Å². The van der Waals surface area contributed by atoms with Gasteiger partial charge in [0.05, 0.1) is 0 Å². The molecule has 1 aromatic rings. The summed E-state index contributed by atoms with van der Waals surface area (Å²) in [4.78, 5) is 11.6. The zero-order valence-electron chi connectivity index (χ0n) is 9.84. The molecule has 0 aromatic heterocycles. The minimum Gasteiger partial charge on any atom is -0.359 e. The molecule has 1 aliphatic rings. The summed E-state index contributed by atoms with van der Waals surface area (Å²) in [6.45, 7) is 3.98. The second-order valence-corrected chi connectivity index (χ2v) is 4.37. The highest BCUT2D eigenvalue weighted by Crippen LogP contribution is 2.23. The Balaban J connectivity index is 2.18. The summed E-state index contributed by atoms with van der Waals surface area (Å²) in [6.07, 6.45) is 2.64. The van der Waals surface area contributed by atoms with Gasteiger partial charge < -0.3 is 5.32 Å². The van der Waals surface area contributed by atoms with Crippen LogP contribution in [-0.2, 0) is 4.79 Å². The van der Waals surface area contributed by atoms with Gasteiger partial charge in [0.2, 0.25) is 0 Å². The molecule has 0 saturated carbocycles. The smallest absolute Gasteiger partial charge is 0.160 e. The van der Waals surface area contributed by atoms with Gasteiger partial charge in [-0.15, -0.1) is 0 Å². The van der Waals surface area contributed by atoms with Gasteiger partial charge in [-0.2, -0.15) is 0 Å². The zero-order valence-corrected chi connectivity index (χ0v) is 9.84. The highest BCUT2D eigenvalue weighted by molar-refractivity contribution is 5.96. The van der Waals surface area contributed by atoms with Crippen LogP contribution >= 0.6 is 0 Å². The van der Waals surface area contributed by atoms with Gasteiger partial charge in [0.15, 0.2) is 5.78 Å². The molecule has 0 saturated heterocycles. The van der Waals surface area contributed by atoms with Crippen molar-refractivity contribution in [3.63, 3.8) is 0 Å². The van der Waals surface area contributed by atoms with Crippen molar-refractivity contribution >= 4 is 11.5 Å². The van der Waals surface area contributed by atoms with E-state index in [0.717, 1.165) is 29.8 Å². The normalized spacial score (nSPS) is 16.5. The van der Waals surface area contributed by atoms with E-state index in [4.69, 9.17) is 0 Å². The summed E-state index contributed by atoms with van der Waals surface area (Å²) in [5, 5.41) is 3.35. The fourth-order valence-electron chi connectivity index (χ4n) is 1.94. The first kappa shape index (κ1) is 10.9. The van der Waals surface area contributed by atoms with E-state index in [1.165, 1.54) is 5.56 Å². The molecule has 84 valence electrons. The number of rotatable bonds is 2. The molecule has 0 aliphatic heterocycles. The Labute approximate surface area is 96.4 Å². The molecule has 2 rings (SSSR count). The quantitative estimate of drug-likeness (QED) is 0.818. The van der Waals surface area contributed by atoms with Crippen LogP contribution in [0.1, 0.15) is 31.7 Å². The summed E-state index contributed by atoms with van der Waals surface area (Å²) < 4.78 is 0. The standard InChI is InChI=1S/C14H17NO/c1-10-6-8-12(9-7-10)15-13-4-3-5-14(16)11(13)2/h6-9,15H,3-5H2,1-2H3. The molecule has 0 spiro atoms. The molecule has 2 nitrogen and oxygen atoms in total. The molecule has 2 heteroatoms. The highest BCUT2D eigenvalue weighted by Gasteiger charge is 2.16. The molecular weight excluding hydrogens is 198 g/mol. The maximum absolute atomic E-state index is 11.6. The van der Waals surface area contributed by atoms with E-state index in [1.54, 1.807) is 0 Å². The topological polar surface area (TPSA) is 29.1 Å². The summed E-state index contributed by atoms with van der Waals surface area (Å²) in [6, 6.07) is 8.25. The number of carbonyl (C=O) groups is 1. The van der Waals surface area contributed by atoms with Gasteiger partial charge in [-0.1, -0.05) is 17.7 Å². The Kier molecular flexibility index (Phi) is 3.09. The third kappa shape index (κ3) is 2.32. The number of Topliss-reactive ketones (excluding diaryl/α,β-unsaturated/α-hetero) is 1. The van der Waals surface area contributed by atoms with Gasteiger partial charge in [0.25, 0.3) is 0 Å². The Morgan fingerprint density at radius 1 is 1.06 bits per heavy atom. The summed E-state index contributed by atoms with van der Waals surface area (Å²) in [7, 11) is 0. The van der Waals surface area contributed by atoms with Crippen molar-refractivity contribution in [3.8, 4) is 0 Å². The molecule has 0 fully saturated rings. The maximum atomic E-state index is 11.6. The Hall–Kier alpha value is -1.57. The summed E-state index contributed by atoms with van der Waals surface area (Å²) in [5.74, 6) is 0.279. The van der Waals surface area contributed by atoms with E-state index in [2.05, 4.69) is 36.5 Å². The zero-order chi connectivity index (χ0) is 11.5. The Bertz CT molecular complexity index is 429. The molecule has 1 aliphatic carbocycles. The first-order valence-electron chi connectivity index (χ1n) is 5.73. The van der Waals surface area contributed by atoms with Crippen LogP contribution in [0, 0.1) is 6.92 Å². The molecule has 0 unspecified atom stereocenters. The van der Waals surface area contributed by atoms with Crippen molar-refractivity contribution in [3.05, 3.63) is 41.1 Å². The average molecular weight is 215 g/mol. The minimum absolute atomic E-state index is 0.279. The van der Waals surface area contributed by atoms with Gasteiger partial charge in [-0.3, -0.25) is 4.79 Å². The lowest BCUT2D eigenvalue weighted by Crippen LogP contribution is -2.14. The summed E-state index contributed by atoms with van der Waals surface area (Å²) in [5.41, 5.74) is 4.29. The van der Waals surface area contributed by atoms with E-state index >= 15 is 0 Å². The first-order valence-corrected chi connectivity index (χ1v) is 5.73. The second kappa shape index (κ2) is 4.52. The predicted molar refractivity (Wildman–Crippen MR) is 66.4 cm³/mol. The Morgan fingerprint density at radius 3 is 2.44 bits per heavy atom. The van der Waals surface area contributed by atoms with Crippen LogP contribution < -0.4 is 5.32 Å². The molecular formula is C14H17NO. The van der Waals surface area contributed by atoms with Crippen molar-refractivity contribution in [2.45, 2.75) is 33.1 Å². The molecule has 0 atom stereocenters. The second-order valence-electron chi connectivity index (χ2n) is 4.37. The lowest BCUT2D eigenvalue weighted by molar-refractivity contribution is -0.116. The van der Waals surface area contributed by atoms with Crippen LogP contribution in [0.5, 0.6) is 0 Å². The van der Waals surface area contributed by atoms with Crippen molar-refractivity contribution in [1.82, 2.24) is 0 Å². The number of carbonyl (C=O) groups excluding carboxylic acids is 1. The largest absolute Gasteiger partial charge is 0.359 e. The van der Waals surface area contributed by atoms with E-state index in [9.17, 15) is 4.79 Å². The van der Waals surface area contributed by atoms with Crippen molar-refractivity contribution < 1.29 is 4.79 Å². The molecule has 1 aromatic carbocycles. The number of anilines is 1. The molecule has 0 heterocycles. The number of hydrogen-bond acceptors (Lipinski definition) is 2. The van der Waals surface area contributed by atoms with Crippen LogP contribution in [-0.4, -0.2) is 5.78 Å². The van der Waals surface area contributed by atoms with Gasteiger partial charge in [-0.25, -0.2) is 0 Å². The fourth-order valence-corrected chi connectivity index (χ4v) is 1.94. The number of aryl methyl sites for hydroxylation is 1. The minimum atomic E-state index is 0.279.